The van der Waals surface area contributed by atoms with E-state index in [1.807, 2.05) is 41.3 Å². The molecule has 1 saturated heterocycles. The topological polar surface area (TPSA) is 77.1 Å². The summed E-state index contributed by atoms with van der Waals surface area (Å²) in [4.78, 5) is 27.3. The Morgan fingerprint density at radius 1 is 1.00 bits per heavy atom. The average Bonchev–Trinajstić information content (AvgIpc) is 2.86. The zero-order valence-electron chi connectivity index (χ0n) is 20.1. The quantitative estimate of drug-likeness (QED) is 0.652. The maximum atomic E-state index is 12.9. The fourth-order valence-electron chi connectivity index (χ4n) is 4.39. The first-order valence-electron chi connectivity index (χ1n) is 11.3. The number of methoxy groups -OCH3 is 3. The second-order valence-corrected chi connectivity index (χ2v) is 8.52. The number of rotatable bonds is 8. The summed E-state index contributed by atoms with van der Waals surface area (Å²) < 4.78 is 16.9. The molecule has 3 rings (SSSR count). The van der Waals surface area contributed by atoms with Crippen LogP contribution in [0.4, 0.5) is 0 Å². The van der Waals surface area contributed by atoms with Crippen LogP contribution in [0, 0.1) is 5.92 Å². The number of carbonyl (C=O) groups excluding carboxylic acids is 2. The Bertz CT molecular complexity index is 966. The van der Waals surface area contributed by atoms with Crippen LogP contribution in [-0.2, 0) is 11.3 Å². The number of likely N-dealkylation sites (tertiary alicyclic amines) is 1. The molecule has 0 aromatic heterocycles. The highest BCUT2D eigenvalue weighted by molar-refractivity contribution is 5.94. The molecular formula is C26H34N2O5. The number of carbonyl (C=O) groups is 2. The summed E-state index contributed by atoms with van der Waals surface area (Å²) in [6, 6.07) is 11.2. The van der Waals surface area contributed by atoms with E-state index in [9.17, 15) is 9.59 Å². The first-order chi connectivity index (χ1) is 15.9. The highest BCUT2D eigenvalue weighted by Crippen LogP contribution is 2.44. The maximum Gasteiger partial charge on any atom is 0.253 e. The summed E-state index contributed by atoms with van der Waals surface area (Å²) in [6.07, 6.45) is 1.28. The molecule has 7 nitrogen and oxygen atoms in total. The number of ether oxygens (including phenoxy) is 3. The third-order valence-electron chi connectivity index (χ3n) is 6.15. The van der Waals surface area contributed by atoms with Crippen molar-refractivity contribution in [3.63, 3.8) is 0 Å². The van der Waals surface area contributed by atoms with Crippen molar-refractivity contribution in [2.24, 2.45) is 5.92 Å². The Hall–Kier alpha value is -3.22. The van der Waals surface area contributed by atoms with E-state index in [4.69, 9.17) is 14.2 Å². The molecular weight excluding hydrogens is 420 g/mol. The van der Waals surface area contributed by atoms with Crippen LogP contribution in [-0.4, -0.2) is 51.1 Å². The normalized spacial score (nSPS) is 14.2. The Labute approximate surface area is 196 Å². The second-order valence-electron chi connectivity index (χ2n) is 8.52. The SMILES string of the molecule is COc1cc(CNC(=O)C2CCN(C(=O)c3ccccc3)CC2)c(OC)c(OC)c1C(C)C. The van der Waals surface area contributed by atoms with E-state index in [1.54, 1.807) is 21.3 Å². The molecule has 0 unspecified atom stereocenters. The van der Waals surface area contributed by atoms with Crippen molar-refractivity contribution in [1.82, 2.24) is 10.2 Å². The van der Waals surface area contributed by atoms with Crippen LogP contribution in [0.1, 0.15) is 54.1 Å². The van der Waals surface area contributed by atoms with Crippen LogP contribution in [0.2, 0.25) is 0 Å². The number of hydrogen-bond donors (Lipinski definition) is 1. The third kappa shape index (κ3) is 5.41. The van der Waals surface area contributed by atoms with E-state index in [0.29, 0.717) is 55.3 Å². The van der Waals surface area contributed by atoms with Gasteiger partial charge in [-0.15, -0.1) is 0 Å². The zero-order chi connectivity index (χ0) is 24.0. The van der Waals surface area contributed by atoms with Crippen molar-refractivity contribution in [3.8, 4) is 17.2 Å². The van der Waals surface area contributed by atoms with Gasteiger partial charge in [0.25, 0.3) is 5.91 Å². The van der Waals surface area contributed by atoms with Crippen LogP contribution < -0.4 is 19.5 Å². The smallest absolute Gasteiger partial charge is 0.253 e. The van der Waals surface area contributed by atoms with Crippen LogP contribution in [0.3, 0.4) is 0 Å². The third-order valence-corrected chi connectivity index (χ3v) is 6.15. The van der Waals surface area contributed by atoms with Gasteiger partial charge >= 0.3 is 0 Å². The molecule has 2 aromatic rings. The Balaban J connectivity index is 1.65. The van der Waals surface area contributed by atoms with Gasteiger partial charge in [0, 0.05) is 42.2 Å². The molecule has 1 N–H and O–H groups in total. The number of piperidine rings is 1. The Kier molecular flexibility index (Phi) is 8.20. The monoisotopic (exact) mass is 454 g/mol. The summed E-state index contributed by atoms with van der Waals surface area (Å²) in [7, 11) is 4.83. The Morgan fingerprint density at radius 3 is 2.18 bits per heavy atom. The van der Waals surface area contributed by atoms with Crippen molar-refractivity contribution >= 4 is 11.8 Å². The van der Waals surface area contributed by atoms with Crippen molar-refractivity contribution in [2.45, 2.75) is 39.2 Å². The van der Waals surface area contributed by atoms with E-state index >= 15 is 0 Å². The van der Waals surface area contributed by atoms with Gasteiger partial charge in [-0.1, -0.05) is 32.0 Å². The lowest BCUT2D eigenvalue weighted by Gasteiger charge is -2.31. The summed E-state index contributed by atoms with van der Waals surface area (Å²) in [5.74, 6) is 1.98. The molecule has 1 fully saturated rings. The molecule has 2 amide bonds. The van der Waals surface area contributed by atoms with Crippen molar-refractivity contribution in [2.75, 3.05) is 34.4 Å². The molecule has 1 aliphatic heterocycles. The summed E-state index contributed by atoms with van der Waals surface area (Å²) in [5, 5.41) is 3.04. The van der Waals surface area contributed by atoms with Crippen LogP contribution in [0.5, 0.6) is 17.2 Å². The van der Waals surface area contributed by atoms with Gasteiger partial charge in [-0.2, -0.15) is 0 Å². The van der Waals surface area contributed by atoms with E-state index in [-0.39, 0.29) is 23.7 Å². The highest BCUT2D eigenvalue weighted by atomic mass is 16.5. The van der Waals surface area contributed by atoms with Gasteiger partial charge in [0.1, 0.15) is 5.75 Å². The molecule has 0 radical (unpaired) electrons. The van der Waals surface area contributed by atoms with Gasteiger partial charge in [-0.05, 0) is 37.0 Å². The summed E-state index contributed by atoms with van der Waals surface area (Å²) >= 11 is 0. The molecule has 0 aliphatic carbocycles. The highest BCUT2D eigenvalue weighted by Gasteiger charge is 2.28. The molecule has 7 heteroatoms. The largest absolute Gasteiger partial charge is 0.496 e. The van der Waals surface area contributed by atoms with Crippen LogP contribution in [0.15, 0.2) is 36.4 Å². The van der Waals surface area contributed by atoms with Crippen molar-refractivity contribution in [1.29, 1.82) is 0 Å². The van der Waals surface area contributed by atoms with Gasteiger partial charge < -0.3 is 24.4 Å². The zero-order valence-corrected chi connectivity index (χ0v) is 20.1. The molecule has 1 aliphatic rings. The minimum atomic E-state index is -0.130. The van der Waals surface area contributed by atoms with Crippen LogP contribution in [0.25, 0.3) is 0 Å². The second kappa shape index (κ2) is 11.1. The number of hydrogen-bond acceptors (Lipinski definition) is 5. The molecule has 2 aromatic carbocycles. The number of amides is 2. The van der Waals surface area contributed by atoms with Crippen molar-refractivity contribution in [3.05, 3.63) is 53.1 Å². The first-order valence-corrected chi connectivity index (χ1v) is 11.3. The molecule has 1 heterocycles. The predicted octanol–water partition coefficient (Wildman–Crippen LogP) is 4.00. The molecule has 0 bridgehead atoms. The molecule has 0 atom stereocenters. The van der Waals surface area contributed by atoms with Gasteiger partial charge in [0.05, 0.1) is 21.3 Å². The molecule has 0 spiro atoms. The summed E-state index contributed by atoms with van der Waals surface area (Å²) in [5.41, 5.74) is 2.41. The van der Waals surface area contributed by atoms with Gasteiger partial charge in [-0.25, -0.2) is 0 Å². The van der Waals surface area contributed by atoms with E-state index < -0.39 is 0 Å². The van der Waals surface area contributed by atoms with Gasteiger partial charge in [0.15, 0.2) is 11.5 Å². The molecule has 33 heavy (non-hydrogen) atoms. The number of nitrogens with one attached hydrogen (secondary N) is 1. The lowest BCUT2D eigenvalue weighted by molar-refractivity contribution is -0.126. The minimum absolute atomic E-state index is 0.0172. The lowest BCUT2D eigenvalue weighted by atomic mass is 9.95. The molecule has 178 valence electrons. The standard InChI is InChI=1S/C26H34N2O5/c1-17(2)22-21(31-3)15-20(23(32-4)24(22)33-5)16-27-25(29)18-11-13-28(14-12-18)26(30)19-9-7-6-8-10-19/h6-10,15,17-18H,11-14,16H2,1-5H3,(H,27,29). The average molecular weight is 455 g/mol. The van der Waals surface area contributed by atoms with E-state index in [0.717, 1.165) is 11.1 Å². The van der Waals surface area contributed by atoms with Gasteiger partial charge in [0.2, 0.25) is 5.91 Å². The van der Waals surface area contributed by atoms with E-state index in [2.05, 4.69) is 19.2 Å². The van der Waals surface area contributed by atoms with E-state index in [1.165, 1.54) is 0 Å². The predicted molar refractivity (Wildman–Crippen MR) is 127 cm³/mol. The Morgan fingerprint density at radius 2 is 1.64 bits per heavy atom. The fraction of sp³-hybridized carbons (Fsp3) is 0.462. The number of nitrogens with zero attached hydrogens (tertiary/aromatic N) is 1. The summed E-state index contributed by atoms with van der Waals surface area (Å²) in [6.45, 7) is 5.57. The van der Waals surface area contributed by atoms with Crippen LogP contribution >= 0.6 is 0 Å². The van der Waals surface area contributed by atoms with Crippen molar-refractivity contribution < 1.29 is 23.8 Å². The first kappa shape index (κ1) is 24.4. The number of benzene rings is 2. The molecule has 0 saturated carbocycles. The van der Waals surface area contributed by atoms with Gasteiger partial charge in [-0.3, -0.25) is 9.59 Å². The maximum absolute atomic E-state index is 12.9. The minimum Gasteiger partial charge on any atom is -0.496 e. The lowest BCUT2D eigenvalue weighted by Crippen LogP contribution is -2.42. The fourth-order valence-corrected chi connectivity index (χ4v) is 4.39.